The van der Waals surface area contributed by atoms with E-state index in [-0.39, 0.29) is 0 Å². The van der Waals surface area contributed by atoms with Crippen LogP contribution in [0.15, 0.2) is 24.8 Å². The van der Waals surface area contributed by atoms with E-state index in [1.54, 1.807) is 0 Å². The van der Waals surface area contributed by atoms with Crippen molar-refractivity contribution < 1.29 is 14.7 Å². The quantitative estimate of drug-likeness (QED) is 0.486. The maximum atomic E-state index is 8.60. The third-order valence-corrected chi connectivity index (χ3v) is 2.10. The van der Waals surface area contributed by atoms with Crippen molar-refractivity contribution in [2.24, 2.45) is 0 Å². The van der Waals surface area contributed by atoms with Gasteiger partial charge in [-0.15, -0.1) is 0 Å². The predicted molar refractivity (Wildman–Crippen MR) is 34.0 cm³/mol. The van der Waals surface area contributed by atoms with Crippen molar-refractivity contribution in [1.29, 1.82) is 0 Å². The average molecular weight is 136 g/mol. The molecule has 3 nitrogen and oxygen atoms in total. The summed E-state index contributed by atoms with van der Waals surface area (Å²) < 4.78 is 0. The molecule has 8 heavy (non-hydrogen) atoms. The molecule has 0 radical (unpaired) electrons. The van der Waals surface area contributed by atoms with E-state index in [1.807, 2.05) is 0 Å². The van der Waals surface area contributed by atoms with Gasteiger partial charge in [-0.2, -0.15) is 0 Å². The van der Waals surface area contributed by atoms with Gasteiger partial charge in [-0.3, -0.25) is 0 Å². The monoisotopic (exact) mass is 136 g/mol. The molecule has 0 spiro atoms. The molecule has 0 amide bonds. The van der Waals surface area contributed by atoms with Crippen LogP contribution in [0.2, 0.25) is 0 Å². The SMILES string of the molecule is C=CP(O)(O)(O)C=C. The van der Waals surface area contributed by atoms with Crippen LogP contribution >= 0.6 is 7.28 Å². The molecule has 0 unspecified atom stereocenters. The van der Waals surface area contributed by atoms with Gasteiger partial charge in [-0.25, -0.2) is 0 Å². The van der Waals surface area contributed by atoms with E-state index < -0.39 is 7.28 Å². The van der Waals surface area contributed by atoms with E-state index in [4.69, 9.17) is 14.7 Å². The topological polar surface area (TPSA) is 60.7 Å². The van der Waals surface area contributed by atoms with Crippen molar-refractivity contribution in [2.75, 3.05) is 0 Å². The summed E-state index contributed by atoms with van der Waals surface area (Å²) in [6.45, 7) is 6.02. The summed E-state index contributed by atoms with van der Waals surface area (Å²) in [4.78, 5) is 25.8. The van der Waals surface area contributed by atoms with Crippen molar-refractivity contribution in [2.45, 2.75) is 0 Å². The summed E-state index contributed by atoms with van der Waals surface area (Å²) in [5.74, 6) is 1.39. The Bertz CT molecular complexity index is 109. The molecule has 0 fully saturated rings. The van der Waals surface area contributed by atoms with Crippen LogP contribution in [0.25, 0.3) is 0 Å². The Kier molecular flexibility index (Phi) is 1.59. The Morgan fingerprint density at radius 1 is 1.00 bits per heavy atom. The van der Waals surface area contributed by atoms with Crippen LogP contribution in [0.1, 0.15) is 0 Å². The van der Waals surface area contributed by atoms with Crippen LogP contribution in [-0.2, 0) is 0 Å². The van der Waals surface area contributed by atoms with Gasteiger partial charge < -0.3 is 0 Å². The van der Waals surface area contributed by atoms with Gasteiger partial charge in [-0.05, 0) is 0 Å². The van der Waals surface area contributed by atoms with Crippen molar-refractivity contribution >= 4 is 7.28 Å². The van der Waals surface area contributed by atoms with E-state index in [9.17, 15) is 0 Å². The maximum absolute atomic E-state index is 8.60. The first kappa shape index (κ1) is 7.79. The van der Waals surface area contributed by atoms with Gasteiger partial charge in [0.05, 0.1) is 0 Å². The van der Waals surface area contributed by atoms with Crippen molar-refractivity contribution in [3.63, 3.8) is 0 Å². The molecular formula is C4H9O3P. The summed E-state index contributed by atoms with van der Waals surface area (Å²) in [7, 11) is -4.57. The standard InChI is InChI=1S/C4H9O3P/c1-3-8(5,6,7)4-2/h3-7H,1-2H2. The second kappa shape index (κ2) is 1.64. The molecule has 0 aromatic heterocycles. The predicted octanol–water partition coefficient (Wildman–Crippen LogP) is 0.549. The summed E-state index contributed by atoms with van der Waals surface area (Å²) in [5, 5.41) is 0. The van der Waals surface area contributed by atoms with Crippen molar-refractivity contribution in [3.8, 4) is 0 Å². The summed E-state index contributed by atoms with van der Waals surface area (Å²) in [6.07, 6.45) is 0. The molecule has 0 bridgehead atoms. The van der Waals surface area contributed by atoms with Gasteiger partial charge in [0.25, 0.3) is 0 Å². The third kappa shape index (κ3) is 2.19. The number of hydrogen-bond donors (Lipinski definition) is 3. The summed E-state index contributed by atoms with van der Waals surface area (Å²) in [6, 6.07) is 0. The first-order chi connectivity index (χ1) is 3.39. The summed E-state index contributed by atoms with van der Waals surface area (Å²) >= 11 is 0. The van der Waals surface area contributed by atoms with Gasteiger partial charge >= 0.3 is 46.8 Å². The van der Waals surface area contributed by atoms with E-state index in [2.05, 4.69) is 13.2 Å². The summed E-state index contributed by atoms with van der Waals surface area (Å²) in [5.41, 5.74) is 0. The van der Waals surface area contributed by atoms with E-state index in [0.717, 1.165) is 0 Å². The minimum absolute atomic E-state index is 0.693. The molecule has 0 aromatic rings. The molecule has 0 aliphatic carbocycles. The molecule has 0 aliphatic heterocycles. The molecule has 0 heterocycles. The molecule has 0 aliphatic rings. The Labute approximate surface area is 47.8 Å². The van der Waals surface area contributed by atoms with Gasteiger partial charge in [-0.1, -0.05) is 0 Å². The van der Waals surface area contributed by atoms with Gasteiger partial charge in [0.2, 0.25) is 0 Å². The fraction of sp³-hybridized carbons (Fsp3) is 0. The van der Waals surface area contributed by atoms with Crippen LogP contribution in [0.5, 0.6) is 0 Å². The van der Waals surface area contributed by atoms with E-state index >= 15 is 0 Å². The zero-order chi connectivity index (χ0) is 6.86. The molecule has 0 atom stereocenters. The van der Waals surface area contributed by atoms with E-state index in [0.29, 0.717) is 11.6 Å². The second-order valence-corrected chi connectivity index (χ2v) is 4.43. The number of hydrogen-bond acceptors (Lipinski definition) is 3. The fourth-order valence-electron chi connectivity index (χ4n) is 0.0745. The zero-order valence-electron chi connectivity index (χ0n) is 4.36. The molecule has 0 saturated heterocycles. The molecule has 0 saturated carbocycles. The van der Waals surface area contributed by atoms with Gasteiger partial charge in [0, 0.05) is 0 Å². The van der Waals surface area contributed by atoms with Crippen LogP contribution in [0.4, 0.5) is 0 Å². The van der Waals surface area contributed by atoms with Crippen LogP contribution in [0.3, 0.4) is 0 Å². The fourth-order valence-corrected chi connectivity index (χ4v) is 0.224. The van der Waals surface area contributed by atoms with Gasteiger partial charge in [0.1, 0.15) is 0 Å². The molecule has 48 valence electrons. The Morgan fingerprint density at radius 2 is 1.25 bits per heavy atom. The molecule has 3 N–H and O–H groups in total. The van der Waals surface area contributed by atoms with Crippen molar-refractivity contribution in [1.82, 2.24) is 0 Å². The van der Waals surface area contributed by atoms with Crippen LogP contribution in [-0.4, -0.2) is 14.7 Å². The Balaban J connectivity index is 4.46. The third-order valence-electron chi connectivity index (χ3n) is 0.701. The second-order valence-electron chi connectivity index (χ2n) is 1.48. The molecule has 0 aromatic carbocycles. The Hall–Kier alpha value is -0.210. The van der Waals surface area contributed by atoms with Crippen LogP contribution < -0.4 is 0 Å². The molecular weight excluding hydrogens is 127 g/mol. The zero-order valence-corrected chi connectivity index (χ0v) is 5.25. The Morgan fingerprint density at radius 3 is 1.25 bits per heavy atom. The first-order valence-corrected chi connectivity index (χ1v) is 4.17. The molecule has 0 rings (SSSR count). The molecule has 4 heteroatoms. The van der Waals surface area contributed by atoms with Crippen molar-refractivity contribution in [3.05, 3.63) is 24.8 Å². The number of rotatable bonds is 2. The van der Waals surface area contributed by atoms with Gasteiger partial charge in [0.15, 0.2) is 0 Å². The average Bonchev–Trinajstić information content (AvgIpc) is 1.68. The normalized spacial score (nSPS) is 16.1. The first-order valence-electron chi connectivity index (χ1n) is 1.93. The minimum atomic E-state index is -4.57. The van der Waals surface area contributed by atoms with E-state index in [1.165, 1.54) is 0 Å². The van der Waals surface area contributed by atoms with Crippen LogP contribution in [0, 0.1) is 0 Å².